The van der Waals surface area contributed by atoms with E-state index in [1.807, 2.05) is 0 Å². The standard InChI is InChI=1S/C11H16N2O4S/c1-13(10-5-3-9(12)4-6-10)18(15,16)8-7-11(14)17-2/h3-6H,7-8,12H2,1-2H3. The van der Waals surface area contributed by atoms with Crippen LogP contribution in [0.15, 0.2) is 24.3 Å². The van der Waals surface area contributed by atoms with Gasteiger partial charge >= 0.3 is 5.97 Å². The van der Waals surface area contributed by atoms with Gasteiger partial charge < -0.3 is 10.5 Å². The van der Waals surface area contributed by atoms with Crippen LogP contribution in [-0.4, -0.2) is 34.3 Å². The Morgan fingerprint density at radius 3 is 2.39 bits per heavy atom. The maximum Gasteiger partial charge on any atom is 0.306 e. The van der Waals surface area contributed by atoms with Gasteiger partial charge in [0.15, 0.2) is 0 Å². The highest BCUT2D eigenvalue weighted by Gasteiger charge is 2.19. The predicted molar refractivity (Wildman–Crippen MR) is 69.7 cm³/mol. The smallest absolute Gasteiger partial charge is 0.306 e. The zero-order valence-electron chi connectivity index (χ0n) is 10.3. The van der Waals surface area contributed by atoms with E-state index in [-0.39, 0.29) is 12.2 Å². The summed E-state index contributed by atoms with van der Waals surface area (Å²) in [4.78, 5) is 10.9. The molecule has 0 radical (unpaired) electrons. The van der Waals surface area contributed by atoms with Crippen molar-refractivity contribution in [2.45, 2.75) is 6.42 Å². The summed E-state index contributed by atoms with van der Waals surface area (Å²) in [5.41, 5.74) is 6.57. The normalized spacial score (nSPS) is 11.0. The van der Waals surface area contributed by atoms with Crippen LogP contribution in [0.3, 0.4) is 0 Å². The van der Waals surface area contributed by atoms with Gasteiger partial charge in [-0.1, -0.05) is 0 Å². The molecule has 0 aliphatic carbocycles. The van der Waals surface area contributed by atoms with Crippen LogP contribution in [0.2, 0.25) is 0 Å². The number of sulfonamides is 1. The molecular formula is C11H16N2O4S. The van der Waals surface area contributed by atoms with Gasteiger partial charge in [0.1, 0.15) is 0 Å². The van der Waals surface area contributed by atoms with Gasteiger partial charge in [0.25, 0.3) is 0 Å². The van der Waals surface area contributed by atoms with Crippen LogP contribution in [0, 0.1) is 0 Å². The number of nitrogen functional groups attached to an aromatic ring is 1. The van der Waals surface area contributed by atoms with Crippen molar-refractivity contribution in [3.63, 3.8) is 0 Å². The second-order valence-corrected chi connectivity index (χ2v) is 5.82. The third kappa shape index (κ3) is 3.63. The Kier molecular flexibility index (Phi) is 4.55. The van der Waals surface area contributed by atoms with Gasteiger partial charge in [-0.05, 0) is 24.3 Å². The van der Waals surface area contributed by atoms with Crippen molar-refractivity contribution in [2.24, 2.45) is 0 Å². The van der Waals surface area contributed by atoms with Crippen LogP contribution < -0.4 is 10.0 Å². The van der Waals surface area contributed by atoms with Crippen molar-refractivity contribution in [1.82, 2.24) is 0 Å². The molecule has 0 saturated carbocycles. The van der Waals surface area contributed by atoms with E-state index in [0.717, 1.165) is 4.31 Å². The number of esters is 1. The second-order valence-electron chi connectivity index (χ2n) is 3.70. The van der Waals surface area contributed by atoms with Crippen LogP contribution in [0.25, 0.3) is 0 Å². The zero-order valence-corrected chi connectivity index (χ0v) is 11.1. The van der Waals surface area contributed by atoms with Gasteiger partial charge in [0, 0.05) is 12.7 Å². The summed E-state index contributed by atoms with van der Waals surface area (Å²) in [6, 6.07) is 6.43. The van der Waals surface area contributed by atoms with E-state index < -0.39 is 16.0 Å². The largest absolute Gasteiger partial charge is 0.469 e. The van der Waals surface area contributed by atoms with E-state index in [0.29, 0.717) is 11.4 Å². The molecule has 0 atom stereocenters. The molecule has 0 bridgehead atoms. The van der Waals surface area contributed by atoms with Crippen molar-refractivity contribution >= 4 is 27.4 Å². The molecule has 0 aliphatic rings. The van der Waals surface area contributed by atoms with Gasteiger partial charge in [-0.3, -0.25) is 9.10 Å². The summed E-state index contributed by atoms with van der Waals surface area (Å²) in [6.07, 6.45) is -0.169. The minimum absolute atomic E-state index is 0.169. The van der Waals surface area contributed by atoms with Gasteiger partial charge in [-0.2, -0.15) is 0 Å². The number of nitrogens with two attached hydrogens (primary N) is 1. The third-order valence-corrected chi connectivity index (χ3v) is 4.23. The van der Waals surface area contributed by atoms with Crippen LogP contribution in [0.1, 0.15) is 6.42 Å². The minimum atomic E-state index is -3.54. The number of benzene rings is 1. The fourth-order valence-electron chi connectivity index (χ4n) is 1.30. The number of carbonyl (C=O) groups is 1. The fraction of sp³-hybridized carbons (Fsp3) is 0.364. The quantitative estimate of drug-likeness (QED) is 0.626. The van der Waals surface area contributed by atoms with E-state index in [2.05, 4.69) is 4.74 Å². The van der Waals surface area contributed by atoms with Crippen LogP contribution in [0.5, 0.6) is 0 Å². The molecule has 100 valence electrons. The number of ether oxygens (including phenoxy) is 1. The molecule has 0 heterocycles. The lowest BCUT2D eigenvalue weighted by molar-refractivity contribution is -0.140. The van der Waals surface area contributed by atoms with E-state index in [9.17, 15) is 13.2 Å². The molecule has 0 aromatic heterocycles. The van der Waals surface area contributed by atoms with Gasteiger partial charge in [-0.15, -0.1) is 0 Å². The number of carbonyl (C=O) groups excluding carboxylic acids is 1. The van der Waals surface area contributed by atoms with Crippen molar-refractivity contribution in [3.05, 3.63) is 24.3 Å². The molecular weight excluding hydrogens is 256 g/mol. The molecule has 0 aliphatic heterocycles. The highest BCUT2D eigenvalue weighted by molar-refractivity contribution is 7.92. The third-order valence-electron chi connectivity index (χ3n) is 2.47. The first kappa shape index (κ1) is 14.3. The molecule has 1 aromatic carbocycles. The Hall–Kier alpha value is -1.76. The van der Waals surface area contributed by atoms with E-state index in [1.165, 1.54) is 14.2 Å². The zero-order chi connectivity index (χ0) is 13.8. The Labute approximate surface area is 106 Å². The Balaban J connectivity index is 2.78. The number of rotatable bonds is 5. The molecule has 7 heteroatoms. The first-order valence-electron chi connectivity index (χ1n) is 5.26. The number of methoxy groups -OCH3 is 1. The van der Waals surface area contributed by atoms with Gasteiger partial charge in [-0.25, -0.2) is 8.42 Å². The average molecular weight is 272 g/mol. The Morgan fingerprint density at radius 2 is 1.89 bits per heavy atom. The molecule has 2 N–H and O–H groups in total. The SMILES string of the molecule is COC(=O)CCS(=O)(=O)N(C)c1ccc(N)cc1. The molecule has 6 nitrogen and oxygen atoms in total. The number of hydrogen-bond acceptors (Lipinski definition) is 5. The van der Waals surface area contributed by atoms with Gasteiger partial charge in [0.2, 0.25) is 10.0 Å². The van der Waals surface area contributed by atoms with Crippen molar-refractivity contribution in [3.8, 4) is 0 Å². The lowest BCUT2D eigenvalue weighted by Gasteiger charge is -2.19. The Bertz CT molecular complexity index is 510. The average Bonchev–Trinajstić information content (AvgIpc) is 2.36. The van der Waals surface area contributed by atoms with Crippen molar-refractivity contribution < 1.29 is 17.9 Å². The van der Waals surface area contributed by atoms with Crippen LogP contribution >= 0.6 is 0 Å². The summed E-state index contributed by atoms with van der Waals surface area (Å²) in [5, 5.41) is 0. The first-order valence-corrected chi connectivity index (χ1v) is 6.86. The predicted octanol–water partition coefficient (Wildman–Crippen LogP) is 0.598. The molecule has 0 unspecified atom stereocenters. The molecule has 0 spiro atoms. The highest BCUT2D eigenvalue weighted by Crippen LogP contribution is 2.18. The topological polar surface area (TPSA) is 89.7 Å². The number of hydrogen-bond donors (Lipinski definition) is 1. The molecule has 0 fully saturated rings. The summed E-state index contributed by atoms with van der Waals surface area (Å²) < 4.78 is 29.4. The monoisotopic (exact) mass is 272 g/mol. The van der Waals surface area contributed by atoms with E-state index in [4.69, 9.17) is 5.73 Å². The summed E-state index contributed by atoms with van der Waals surface area (Å²) in [6.45, 7) is 0. The van der Waals surface area contributed by atoms with Crippen molar-refractivity contribution in [1.29, 1.82) is 0 Å². The summed E-state index contributed by atoms with van der Waals surface area (Å²) in [5.74, 6) is -0.843. The molecule has 1 aromatic rings. The van der Waals surface area contributed by atoms with Crippen LogP contribution in [0.4, 0.5) is 11.4 Å². The summed E-state index contributed by atoms with van der Waals surface area (Å²) in [7, 11) is -0.890. The van der Waals surface area contributed by atoms with E-state index in [1.54, 1.807) is 24.3 Å². The van der Waals surface area contributed by atoms with E-state index >= 15 is 0 Å². The molecule has 0 amide bonds. The highest BCUT2D eigenvalue weighted by atomic mass is 32.2. The number of nitrogens with zero attached hydrogens (tertiary/aromatic N) is 1. The Morgan fingerprint density at radius 1 is 1.33 bits per heavy atom. The number of anilines is 2. The lowest BCUT2D eigenvalue weighted by atomic mass is 10.3. The van der Waals surface area contributed by atoms with Gasteiger partial charge in [0.05, 0.1) is 25.0 Å². The van der Waals surface area contributed by atoms with Crippen molar-refractivity contribution in [2.75, 3.05) is 29.9 Å². The molecule has 18 heavy (non-hydrogen) atoms. The van der Waals surface area contributed by atoms with Crippen LogP contribution in [-0.2, 0) is 19.6 Å². The maximum atomic E-state index is 11.9. The fourth-order valence-corrected chi connectivity index (χ4v) is 2.44. The second kappa shape index (κ2) is 5.72. The molecule has 1 rings (SSSR count). The maximum absolute atomic E-state index is 11.9. The first-order chi connectivity index (χ1) is 8.36. The molecule has 0 saturated heterocycles. The lowest BCUT2D eigenvalue weighted by Crippen LogP contribution is -2.30. The minimum Gasteiger partial charge on any atom is -0.469 e. The summed E-state index contributed by atoms with van der Waals surface area (Å²) >= 11 is 0.